The second-order valence-electron chi connectivity index (χ2n) is 7.15. The number of carboxylic acid groups (broad SMARTS) is 1. The van der Waals surface area contributed by atoms with Crippen LogP contribution in [0.5, 0.6) is 0 Å². The summed E-state index contributed by atoms with van der Waals surface area (Å²) in [7, 11) is 0. The topological polar surface area (TPSA) is 78.9 Å². The van der Waals surface area contributed by atoms with Crippen LogP contribution in [0.25, 0.3) is 22.6 Å². The Morgan fingerprint density at radius 2 is 1.88 bits per heavy atom. The summed E-state index contributed by atoms with van der Waals surface area (Å²) < 4.78 is 55.1. The number of benzene rings is 2. The van der Waals surface area contributed by atoms with Gasteiger partial charge < -0.3 is 9.67 Å². The molecule has 0 atom stereocenters. The zero-order valence-electron chi connectivity index (χ0n) is 16.9. The number of hydrogen-bond donors (Lipinski definition) is 1. The lowest BCUT2D eigenvalue weighted by Gasteiger charge is -2.05. The molecule has 0 fully saturated rings. The number of alkyl halides is 3. The smallest absolute Gasteiger partial charge is 0.443 e. The molecule has 4 rings (SSSR count). The first-order valence-electron chi connectivity index (χ1n) is 9.52. The molecule has 1 N–H and O–H groups in total. The van der Waals surface area contributed by atoms with Gasteiger partial charge in [-0.25, -0.2) is 14.2 Å². The van der Waals surface area contributed by atoms with E-state index in [1.807, 2.05) is 6.07 Å². The van der Waals surface area contributed by atoms with Crippen LogP contribution in [0.1, 0.15) is 31.4 Å². The van der Waals surface area contributed by atoms with E-state index in [1.54, 1.807) is 6.07 Å². The SMILES string of the molecule is N#C/C(=C\c1cn(Cc2cnc(C(F)(F)F)s2)c2c(F)c(Cl)ccc12)c1ccc(C(=O)O)cc1. The Hall–Kier alpha value is -3.68. The van der Waals surface area contributed by atoms with E-state index >= 15 is 0 Å². The largest absolute Gasteiger partial charge is 0.478 e. The van der Waals surface area contributed by atoms with Gasteiger partial charge in [0, 0.05) is 28.2 Å². The Bertz CT molecular complexity index is 1480. The third-order valence-corrected chi connectivity index (χ3v) is 6.27. The molecule has 34 heavy (non-hydrogen) atoms. The Morgan fingerprint density at radius 1 is 1.21 bits per heavy atom. The number of thiazole rings is 1. The molecule has 5 nitrogen and oxygen atoms in total. The van der Waals surface area contributed by atoms with Crippen molar-refractivity contribution in [3.8, 4) is 6.07 Å². The van der Waals surface area contributed by atoms with Gasteiger partial charge >= 0.3 is 12.1 Å². The van der Waals surface area contributed by atoms with Crippen molar-refractivity contribution in [2.75, 3.05) is 0 Å². The van der Waals surface area contributed by atoms with E-state index in [9.17, 15) is 27.6 Å². The molecule has 0 aliphatic carbocycles. The van der Waals surface area contributed by atoms with E-state index < -0.39 is 23.0 Å². The van der Waals surface area contributed by atoms with Crippen LogP contribution in [-0.4, -0.2) is 20.6 Å². The zero-order valence-corrected chi connectivity index (χ0v) is 18.5. The molecule has 172 valence electrons. The van der Waals surface area contributed by atoms with Gasteiger partial charge in [-0.15, -0.1) is 11.3 Å². The molecular formula is C23H12ClF4N3O2S. The zero-order chi connectivity index (χ0) is 24.6. The fourth-order valence-electron chi connectivity index (χ4n) is 3.40. The quantitative estimate of drug-likeness (QED) is 0.241. The van der Waals surface area contributed by atoms with E-state index in [1.165, 1.54) is 47.2 Å². The van der Waals surface area contributed by atoms with Gasteiger partial charge in [-0.1, -0.05) is 29.8 Å². The van der Waals surface area contributed by atoms with Crippen molar-refractivity contribution in [3.63, 3.8) is 0 Å². The minimum Gasteiger partial charge on any atom is -0.478 e. The number of carbonyl (C=O) groups is 1. The summed E-state index contributed by atoms with van der Waals surface area (Å²) in [4.78, 5) is 14.7. The number of fused-ring (bicyclic) bond motifs is 1. The van der Waals surface area contributed by atoms with Crippen LogP contribution in [0, 0.1) is 17.1 Å². The third kappa shape index (κ3) is 4.53. The van der Waals surface area contributed by atoms with E-state index in [-0.39, 0.29) is 33.1 Å². The van der Waals surface area contributed by atoms with Crippen molar-refractivity contribution >= 4 is 51.5 Å². The predicted octanol–water partition coefficient (Wildman–Crippen LogP) is 6.72. The van der Waals surface area contributed by atoms with Crippen molar-refractivity contribution in [1.82, 2.24) is 9.55 Å². The van der Waals surface area contributed by atoms with Gasteiger partial charge in [-0.3, -0.25) is 0 Å². The van der Waals surface area contributed by atoms with Gasteiger partial charge in [0.05, 0.1) is 34.3 Å². The second kappa shape index (κ2) is 8.93. The lowest BCUT2D eigenvalue weighted by molar-refractivity contribution is -0.137. The van der Waals surface area contributed by atoms with Crippen LogP contribution in [0.2, 0.25) is 5.02 Å². The molecule has 4 aromatic rings. The molecule has 0 radical (unpaired) electrons. The molecule has 11 heteroatoms. The van der Waals surface area contributed by atoms with Gasteiger partial charge in [-0.05, 0) is 29.8 Å². The minimum absolute atomic E-state index is 0.0529. The molecular weight excluding hydrogens is 494 g/mol. The first kappa shape index (κ1) is 23.5. The fraction of sp³-hybridized carbons (Fsp3) is 0.0870. The molecule has 0 saturated carbocycles. The molecule has 0 spiro atoms. The highest BCUT2D eigenvalue weighted by atomic mass is 35.5. The summed E-state index contributed by atoms with van der Waals surface area (Å²) in [6.07, 6.45) is -0.486. The lowest BCUT2D eigenvalue weighted by Crippen LogP contribution is -2.03. The van der Waals surface area contributed by atoms with Gasteiger partial charge in [0.2, 0.25) is 0 Å². The Morgan fingerprint density at radius 3 is 2.47 bits per heavy atom. The highest BCUT2D eigenvalue weighted by molar-refractivity contribution is 7.11. The number of hydrogen-bond acceptors (Lipinski definition) is 4. The van der Waals surface area contributed by atoms with Gasteiger partial charge in [0.1, 0.15) is 0 Å². The predicted molar refractivity (Wildman–Crippen MR) is 120 cm³/mol. The highest BCUT2D eigenvalue weighted by Gasteiger charge is 2.34. The van der Waals surface area contributed by atoms with Gasteiger partial charge in [0.15, 0.2) is 10.8 Å². The monoisotopic (exact) mass is 505 g/mol. The van der Waals surface area contributed by atoms with Crippen molar-refractivity contribution < 1.29 is 27.5 Å². The number of halogens is 5. The maximum absolute atomic E-state index is 14.9. The molecule has 0 bridgehead atoms. The number of aromatic carboxylic acids is 1. The summed E-state index contributed by atoms with van der Waals surface area (Å²) in [5.74, 6) is -1.86. The lowest BCUT2D eigenvalue weighted by atomic mass is 10.0. The molecule has 2 aromatic carbocycles. The third-order valence-electron chi connectivity index (χ3n) is 4.95. The minimum atomic E-state index is -4.58. The van der Waals surface area contributed by atoms with Crippen molar-refractivity contribution in [2.45, 2.75) is 12.7 Å². The maximum atomic E-state index is 14.9. The molecule has 0 aliphatic heterocycles. The average Bonchev–Trinajstić information content (AvgIpc) is 3.40. The van der Waals surface area contributed by atoms with E-state index in [0.717, 1.165) is 6.20 Å². The number of nitrogens with zero attached hydrogens (tertiary/aromatic N) is 3. The summed E-state index contributed by atoms with van der Waals surface area (Å²) in [6, 6.07) is 10.6. The Kier molecular flexibility index (Phi) is 6.17. The van der Waals surface area contributed by atoms with Crippen LogP contribution in [0.15, 0.2) is 48.8 Å². The normalized spacial score (nSPS) is 12.2. The van der Waals surface area contributed by atoms with Crippen LogP contribution >= 0.6 is 22.9 Å². The summed E-state index contributed by atoms with van der Waals surface area (Å²) in [5.41, 5.74) is 1.19. The molecule has 0 saturated heterocycles. The fourth-order valence-corrected chi connectivity index (χ4v) is 4.33. The number of nitriles is 1. The van der Waals surface area contributed by atoms with E-state index in [4.69, 9.17) is 16.7 Å². The summed E-state index contributed by atoms with van der Waals surface area (Å²) >= 11 is 6.40. The van der Waals surface area contributed by atoms with Crippen molar-refractivity contribution in [2.24, 2.45) is 0 Å². The molecule has 0 amide bonds. The van der Waals surface area contributed by atoms with Crippen LogP contribution < -0.4 is 0 Å². The van der Waals surface area contributed by atoms with Crippen LogP contribution in [-0.2, 0) is 12.7 Å². The number of rotatable bonds is 5. The van der Waals surface area contributed by atoms with Crippen molar-refractivity contribution in [1.29, 1.82) is 5.26 Å². The average molecular weight is 506 g/mol. The first-order chi connectivity index (χ1) is 16.1. The Labute approximate surface area is 198 Å². The van der Waals surface area contributed by atoms with E-state index in [2.05, 4.69) is 4.98 Å². The van der Waals surface area contributed by atoms with Gasteiger partial charge in [0.25, 0.3) is 0 Å². The first-order valence-corrected chi connectivity index (χ1v) is 10.7. The maximum Gasteiger partial charge on any atom is 0.443 e. The van der Waals surface area contributed by atoms with Crippen LogP contribution in [0.3, 0.4) is 0 Å². The summed E-state index contributed by atoms with van der Waals surface area (Å²) in [6.45, 7) is -0.0927. The number of carboxylic acids is 1. The van der Waals surface area contributed by atoms with E-state index in [0.29, 0.717) is 27.8 Å². The standard InChI is InChI=1S/C23H12ClF4N3O2S/c24-18-6-5-17-15(7-14(8-29)12-1-3-13(4-2-12)21(32)33)10-31(20(17)19(18)25)11-16-9-30-22(34-16)23(26,27)28/h1-7,9-10H,11H2,(H,32,33)/b14-7+. The van der Waals surface area contributed by atoms with Crippen molar-refractivity contribution in [3.05, 3.63) is 86.2 Å². The van der Waals surface area contributed by atoms with Crippen LogP contribution in [0.4, 0.5) is 17.6 Å². The Balaban J connectivity index is 1.80. The highest BCUT2D eigenvalue weighted by Crippen LogP contribution is 2.35. The molecule has 2 heterocycles. The molecule has 0 aliphatic rings. The molecule has 2 aromatic heterocycles. The second-order valence-corrected chi connectivity index (χ2v) is 8.67. The van der Waals surface area contributed by atoms with Gasteiger partial charge in [-0.2, -0.15) is 18.4 Å². The number of allylic oxidation sites excluding steroid dienone is 1. The number of aromatic nitrogens is 2. The summed E-state index contributed by atoms with van der Waals surface area (Å²) in [5, 5.41) is 17.9. The molecule has 0 unspecified atom stereocenters.